The van der Waals surface area contributed by atoms with Crippen molar-refractivity contribution in [1.29, 1.82) is 5.26 Å². The van der Waals surface area contributed by atoms with Crippen LogP contribution in [-0.2, 0) is 0 Å². The molecule has 8 heteroatoms. The molecule has 3 fully saturated rings. The molecule has 2 atom stereocenters. The second kappa shape index (κ2) is 6.68. The normalized spacial score (nSPS) is 26.6. The molecule has 0 saturated carbocycles. The molecule has 3 aliphatic rings. The first-order valence-corrected chi connectivity index (χ1v) is 9.30. The third-order valence-corrected chi connectivity index (χ3v) is 5.77. The third kappa shape index (κ3) is 2.99. The Morgan fingerprint density at radius 3 is 2.68 bits per heavy atom. The first-order valence-electron chi connectivity index (χ1n) is 8.92. The van der Waals surface area contributed by atoms with E-state index in [1.807, 2.05) is 6.07 Å². The zero-order chi connectivity index (χ0) is 17.4. The molecule has 0 N–H and O–H groups in total. The van der Waals surface area contributed by atoms with E-state index in [2.05, 4.69) is 24.7 Å². The van der Waals surface area contributed by atoms with Gasteiger partial charge in [-0.1, -0.05) is 11.6 Å². The molecule has 7 nitrogen and oxygen atoms in total. The van der Waals surface area contributed by atoms with Crippen LogP contribution in [0.15, 0.2) is 6.20 Å². The van der Waals surface area contributed by atoms with E-state index >= 15 is 0 Å². The lowest BCUT2D eigenvalue weighted by Crippen LogP contribution is -2.49. The summed E-state index contributed by atoms with van der Waals surface area (Å²) in [6.45, 7) is 3.34. The van der Waals surface area contributed by atoms with Crippen molar-refractivity contribution in [2.45, 2.75) is 44.2 Å². The van der Waals surface area contributed by atoms with Gasteiger partial charge >= 0.3 is 6.03 Å². The molecule has 0 radical (unpaired) electrons. The van der Waals surface area contributed by atoms with Crippen molar-refractivity contribution in [1.82, 2.24) is 19.8 Å². The van der Waals surface area contributed by atoms with Gasteiger partial charge in [-0.25, -0.2) is 14.8 Å². The average Bonchev–Trinajstić information content (AvgIpc) is 2.99. The highest BCUT2D eigenvalue weighted by molar-refractivity contribution is 6.30. The number of amides is 2. The van der Waals surface area contributed by atoms with Gasteiger partial charge in [0.15, 0.2) is 10.8 Å². The van der Waals surface area contributed by atoms with Crippen molar-refractivity contribution < 1.29 is 4.79 Å². The summed E-state index contributed by atoms with van der Waals surface area (Å²) in [7, 11) is 0. The highest BCUT2D eigenvalue weighted by Crippen LogP contribution is 2.30. The van der Waals surface area contributed by atoms with Crippen LogP contribution < -0.4 is 4.90 Å². The fourth-order valence-corrected chi connectivity index (χ4v) is 4.40. The number of hydrogen-bond acceptors (Lipinski definition) is 5. The van der Waals surface area contributed by atoms with Crippen molar-refractivity contribution in [2.75, 3.05) is 31.1 Å². The molecule has 4 rings (SSSR count). The Morgan fingerprint density at radius 1 is 1.12 bits per heavy atom. The van der Waals surface area contributed by atoms with E-state index in [1.165, 1.54) is 6.42 Å². The van der Waals surface area contributed by atoms with E-state index in [0.29, 0.717) is 11.9 Å². The number of rotatable bonds is 2. The summed E-state index contributed by atoms with van der Waals surface area (Å²) in [5.74, 6) is 0.679. The van der Waals surface area contributed by atoms with Crippen LogP contribution in [-0.4, -0.2) is 64.1 Å². The number of carbonyl (C=O) groups is 1. The van der Waals surface area contributed by atoms with Gasteiger partial charge in [0, 0.05) is 26.2 Å². The number of hydrogen-bond donors (Lipinski definition) is 0. The lowest BCUT2D eigenvalue weighted by Gasteiger charge is -2.37. The average molecular weight is 361 g/mol. The molecular formula is C17H21ClN6O. The Kier molecular flexibility index (Phi) is 4.38. The first-order chi connectivity index (χ1) is 12.2. The summed E-state index contributed by atoms with van der Waals surface area (Å²) in [6.07, 6.45) is 7.07. The molecular weight excluding hydrogens is 340 g/mol. The second-order valence-electron chi connectivity index (χ2n) is 7.00. The topological polar surface area (TPSA) is 76.4 Å². The molecule has 3 aliphatic heterocycles. The van der Waals surface area contributed by atoms with Crippen LogP contribution in [0.1, 0.15) is 37.8 Å². The number of fused-ring (bicyclic) bond motifs is 1. The van der Waals surface area contributed by atoms with Crippen LogP contribution >= 0.6 is 11.6 Å². The number of carbonyl (C=O) groups excluding carboxylic acids is 1. The molecule has 0 aromatic carbocycles. The van der Waals surface area contributed by atoms with Crippen LogP contribution in [0.5, 0.6) is 0 Å². The molecule has 0 bridgehead atoms. The van der Waals surface area contributed by atoms with Gasteiger partial charge in [0.25, 0.3) is 0 Å². The summed E-state index contributed by atoms with van der Waals surface area (Å²) in [6, 6.07) is 2.71. The lowest BCUT2D eigenvalue weighted by atomic mass is 10.0. The number of anilines is 1. The zero-order valence-electron chi connectivity index (χ0n) is 14.1. The molecule has 1 aromatic heterocycles. The number of piperidine rings is 2. The van der Waals surface area contributed by atoms with Gasteiger partial charge in [0.2, 0.25) is 0 Å². The predicted octanol–water partition coefficient (Wildman–Crippen LogP) is 2.26. The second-order valence-corrected chi connectivity index (χ2v) is 7.36. The maximum Gasteiger partial charge on any atom is 0.320 e. The molecule has 0 spiro atoms. The summed E-state index contributed by atoms with van der Waals surface area (Å²) < 4.78 is 0. The van der Waals surface area contributed by atoms with Crippen molar-refractivity contribution >= 4 is 23.4 Å². The number of nitriles is 1. The molecule has 2 unspecified atom stereocenters. The van der Waals surface area contributed by atoms with Gasteiger partial charge in [0.05, 0.1) is 18.3 Å². The third-order valence-electron chi connectivity index (χ3n) is 5.51. The lowest BCUT2D eigenvalue weighted by molar-refractivity contribution is 0.163. The quantitative estimate of drug-likeness (QED) is 0.808. The molecule has 2 amide bonds. The standard InChI is InChI=1S/C17H21ClN6O/c18-16-14(8-19)20-9-15(21-16)22-6-3-5-12(10-22)24-11-13-4-1-2-7-23(13)17(24)25/h9,12-13H,1-7,10-11H2. The highest BCUT2D eigenvalue weighted by atomic mass is 35.5. The Bertz CT molecular complexity index is 720. The summed E-state index contributed by atoms with van der Waals surface area (Å²) >= 11 is 6.02. The van der Waals surface area contributed by atoms with Crippen molar-refractivity contribution in [3.05, 3.63) is 17.0 Å². The molecule has 0 aliphatic carbocycles. The van der Waals surface area contributed by atoms with Gasteiger partial charge in [-0.15, -0.1) is 0 Å². The minimum atomic E-state index is 0.136. The van der Waals surface area contributed by atoms with Crippen molar-refractivity contribution in [3.8, 4) is 6.07 Å². The van der Waals surface area contributed by atoms with Crippen molar-refractivity contribution in [2.24, 2.45) is 0 Å². The van der Waals surface area contributed by atoms with E-state index in [4.69, 9.17) is 16.9 Å². The fraction of sp³-hybridized carbons (Fsp3) is 0.647. The minimum Gasteiger partial charge on any atom is -0.353 e. The largest absolute Gasteiger partial charge is 0.353 e. The summed E-state index contributed by atoms with van der Waals surface area (Å²) in [4.78, 5) is 27.4. The smallest absolute Gasteiger partial charge is 0.320 e. The van der Waals surface area contributed by atoms with Gasteiger partial charge in [-0.05, 0) is 32.1 Å². The number of urea groups is 1. The predicted molar refractivity (Wildman–Crippen MR) is 93.4 cm³/mol. The van der Waals surface area contributed by atoms with Crippen LogP contribution in [0, 0.1) is 11.3 Å². The molecule has 25 heavy (non-hydrogen) atoms. The molecule has 132 valence electrons. The van der Waals surface area contributed by atoms with E-state index in [0.717, 1.165) is 51.9 Å². The SMILES string of the molecule is N#Cc1ncc(N2CCCC(N3CC4CCCCN4C3=O)C2)nc1Cl. The van der Waals surface area contributed by atoms with Gasteiger partial charge < -0.3 is 14.7 Å². The zero-order valence-corrected chi connectivity index (χ0v) is 14.8. The van der Waals surface area contributed by atoms with E-state index in [-0.39, 0.29) is 22.9 Å². The highest BCUT2D eigenvalue weighted by Gasteiger charge is 2.42. The van der Waals surface area contributed by atoms with Crippen LogP contribution in [0.4, 0.5) is 10.6 Å². The summed E-state index contributed by atoms with van der Waals surface area (Å²) in [5.41, 5.74) is 0.144. The van der Waals surface area contributed by atoms with Gasteiger partial charge in [-0.3, -0.25) is 0 Å². The molecule has 4 heterocycles. The Labute approximate surface area is 152 Å². The molecule has 3 saturated heterocycles. The Balaban J connectivity index is 1.49. The molecule has 1 aromatic rings. The minimum absolute atomic E-state index is 0.136. The Morgan fingerprint density at radius 2 is 1.92 bits per heavy atom. The van der Waals surface area contributed by atoms with E-state index in [9.17, 15) is 4.79 Å². The maximum atomic E-state index is 12.8. The van der Waals surface area contributed by atoms with Crippen LogP contribution in [0.25, 0.3) is 0 Å². The number of halogens is 1. The van der Waals surface area contributed by atoms with Gasteiger partial charge in [-0.2, -0.15) is 5.26 Å². The van der Waals surface area contributed by atoms with Crippen molar-refractivity contribution in [3.63, 3.8) is 0 Å². The summed E-state index contributed by atoms with van der Waals surface area (Å²) in [5, 5.41) is 9.07. The number of aromatic nitrogens is 2. The fourth-order valence-electron chi connectivity index (χ4n) is 4.22. The Hall–Kier alpha value is -2.07. The maximum absolute atomic E-state index is 12.8. The van der Waals surface area contributed by atoms with E-state index in [1.54, 1.807) is 6.20 Å². The number of nitrogens with zero attached hydrogens (tertiary/aromatic N) is 6. The first kappa shape index (κ1) is 16.4. The van der Waals surface area contributed by atoms with E-state index < -0.39 is 0 Å². The monoisotopic (exact) mass is 360 g/mol. The van der Waals surface area contributed by atoms with Crippen LogP contribution in [0.3, 0.4) is 0 Å². The van der Waals surface area contributed by atoms with Gasteiger partial charge in [0.1, 0.15) is 11.9 Å². The van der Waals surface area contributed by atoms with Crippen LogP contribution in [0.2, 0.25) is 5.15 Å².